The molecule has 2 N–H and O–H groups in total. The molecule has 130 valence electrons. The number of benzene rings is 1. The lowest BCUT2D eigenvalue weighted by molar-refractivity contribution is -0.137. The standard InChI is InChI=1S/C16H21F3N2O.ClH/c1-11(15(22)21-7-3-6-14(20)10-21)8-12-4-2-5-13(9-12)16(17,18)19;/h2,4-5,9,11,14H,3,6-8,10,20H2,1H3;1H. The zero-order chi connectivity index (χ0) is 16.3. The van der Waals surface area contributed by atoms with Gasteiger partial charge in [0.25, 0.3) is 0 Å². The summed E-state index contributed by atoms with van der Waals surface area (Å²) >= 11 is 0. The van der Waals surface area contributed by atoms with Crippen LogP contribution in [-0.2, 0) is 17.4 Å². The number of alkyl halides is 3. The highest BCUT2D eigenvalue weighted by atomic mass is 35.5. The molecule has 1 aliphatic heterocycles. The van der Waals surface area contributed by atoms with Crippen LogP contribution >= 0.6 is 12.4 Å². The van der Waals surface area contributed by atoms with Crippen LogP contribution in [0.2, 0.25) is 0 Å². The molecular formula is C16H22ClF3N2O. The summed E-state index contributed by atoms with van der Waals surface area (Å²) in [6.45, 7) is 2.97. The van der Waals surface area contributed by atoms with E-state index in [4.69, 9.17) is 5.73 Å². The van der Waals surface area contributed by atoms with E-state index in [-0.39, 0.29) is 30.3 Å². The summed E-state index contributed by atoms with van der Waals surface area (Å²) in [5.41, 5.74) is 5.71. The predicted octanol–water partition coefficient (Wildman–Crippen LogP) is 3.26. The topological polar surface area (TPSA) is 46.3 Å². The third-order valence-electron chi connectivity index (χ3n) is 3.99. The van der Waals surface area contributed by atoms with Crippen LogP contribution < -0.4 is 5.73 Å². The van der Waals surface area contributed by atoms with E-state index in [0.717, 1.165) is 25.0 Å². The molecule has 23 heavy (non-hydrogen) atoms. The van der Waals surface area contributed by atoms with Gasteiger partial charge in [0.2, 0.25) is 5.91 Å². The van der Waals surface area contributed by atoms with Gasteiger partial charge in [-0.05, 0) is 30.9 Å². The molecule has 2 unspecified atom stereocenters. The summed E-state index contributed by atoms with van der Waals surface area (Å²) in [5, 5.41) is 0. The van der Waals surface area contributed by atoms with Crippen molar-refractivity contribution in [3.05, 3.63) is 35.4 Å². The fourth-order valence-electron chi connectivity index (χ4n) is 2.84. The molecule has 0 bridgehead atoms. The lowest BCUT2D eigenvalue weighted by Gasteiger charge is -2.32. The lowest BCUT2D eigenvalue weighted by atomic mass is 9.96. The molecule has 1 aliphatic rings. The number of nitrogens with zero attached hydrogens (tertiary/aromatic N) is 1. The Kier molecular flexibility index (Phi) is 6.89. The van der Waals surface area contributed by atoms with Crippen molar-refractivity contribution in [3.8, 4) is 0 Å². The summed E-state index contributed by atoms with van der Waals surface area (Å²) in [7, 11) is 0. The van der Waals surface area contributed by atoms with Gasteiger partial charge in [0.15, 0.2) is 0 Å². The Labute approximate surface area is 140 Å². The van der Waals surface area contributed by atoms with Crippen LogP contribution in [0.25, 0.3) is 0 Å². The summed E-state index contributed by atoms with van der Waals surface area (Å²) in [4.78, 5) is 14.1. The van der Waals surface area contributed by atoms with Crippen molar-refractivity contribution in [2.45, 2.75) is 38.4 Å². The number of nitrogens with two attached hydrogens (primary N) is 1. The highest BCUT2D eigenvalue weighted by molar-refractivity contribution is 5.85. The van der Waals surface area contributed by atoms with E-state index in [1.807, 2.05) is 0 Å². The number of amides is 1. The minimum Gasteiger partial charge on any atom is -0.341 e. The summed E-state index contributed by atoms with van der Waals surface area (Å²) in [5.74, 6) is -0.388. The van der Waals surface area contributed by atoms with Crippen LogP contribution in [0.1, 0.15) is 30.9 Å². The summed E-state index contributed by atoms with van der Waals surface area (Å²) in [6.07, 6.45) is -2.27. The molecule has 0 saturated carbocycles. The van der Waals surface area contributed by atoms with Gasteiger partial charge in [-0.3, -0.25) is 4.79 Å². The highest BCUT2D eigenvalue weighted by Gasteiger charge is 2.31. The van der Waals surface area contributed by atoms with E-state index < -0.39 is 11.7 Å². The van der Waals surface area contributed by atoms with Crippen molar-refractivity contribution < 1.29 is 18.0 Å². The Morgan fingerprint density at radius 1 is 1.43 bits per heavy atom. The van der Waals surface area contributed by atoms with Gasteiger partial charge < -0.3 is 10.6 Å². The molecule has 2 rings (SSSR count). The number of carbonyl (C=O) groups is 1. The van der Waals surface area contributed by atoms with E-state index >= 15 is 0 Å². The number of piperidine rings is 1. The van der Waals surface area contributed by atoms with E-state index in [2.05, 4.69) is 0 Å². The maximum atomic E-state index is 12.7. The Bertz CT molecular complexity index is 536. The van der Waals surface area contributed by atoms with Gasteiger partial charge in [0.05, 0.1) is 5.56 Å². The normalized spacial score (nSPS) is 19.9. The van der Waals surface area contributed by atoms with Crippen LogP contribution in [0.5, 0.6) is 0 Å². The fourth-order valence-corrected chi connectivity index (χ4v) is 2.84. The number of hydrogen-bond donors (Lipinski definition) is 1. The van der Waals surface area contributed by atoms with Crippen LogP contribution in [0.3, 0.4) is 0 Å². The fraction of sp³-hybridized carbons (Fsp3) is 0.562. The van der Waals surface area contributed by atoms with Crippen LogP contribution in [0.4, 0.5) is 13.2 Å². The van der Waals surface area contributed by atoms with Crippen molar-refractivity contribution in [2.75, 3.05) is 13.1 Å². The van der Waals surface area contributed by atoms with Crippen LogP contribution in [0, 0.1) is 5.92 Å². The molecule has 0 aliphatic carbocycles. The van der Waals surface area contributed by atoms with Gasteiger partial charge in [-0.1, -0.05) is 25.1 Å². The molecule has 3 nitrogen and oxygen atoms in total. The SMILES string of the molecule is CC(Cc1cccc(C(F)(F)F)c1)C(=O)N1CCCC(N)C1.Cl. The first kappa shape index (κ1) is 19.8. The maximum Gasteiger partial charge on any atom is 0.416 e. The second-order valence-corrected chi connectivity index (χ2v) is 5.99. The van der Waals surface area contributed by atoms with Crippen LogP contribution in [0.15, 0.2) is 24.3 Å². The zero-order valence-electron chi connectivity index (χ0n) is 13.0. The van der Waals surface area contributed by atoms with Gasteiger partial charge in [-0.25, -0.2) is 0 Å². The number of halogens is 4. The zero-order valence-corrected chi connectivity index (χ0v) is 13.8. The van der Waals surface area contributed by atoms with Crippen LogP contribution in [-0.4, -0.2) is 29.9 Å². The third kappa shape index (κ3) is 5.39. The molecule has 1 saturated heterocycles. The Hall–Kier alpha value is -1.27. The minimum absolute atomic E-state index is 0. The molecule has 1 aromatic rings. The van der Waals surface area contributed by atoms with E-state index in [1.54, 1.807) is 17.9 Å². The molecule has 7 heteroatoms. The first-order chi connectivity index (χ1) is 10.3. The first-order valence-corrected chi connectivity index (χ1v) is 7.48. The molecular weight excluding hydrogens is 329 g/mol. The number of rotatable bonds is 3. The first-order valence-electron chi connectivity index (χ1n) is 7.48. The molecule has 1 aromatic carbocycles. The number of carbonyl (C=O) groups excluding carboxylic acids is 1. The number of likely N-dealkylation sites (tertiary alicyclic amines) is 1. The molecule has 1 fully saturated rings. The van der Waals surface area contributed by atoms with Crippen molar-refractivity contribution in [1.82, 2.24) is 4.90 Å². The van der Waals surface area contributed by atoms with Gasteiger partial charge in [0.1, 0.15) is 0 Å². The van der Waals surface area contributed by atoms with Gasteiger partial charge in [0, 0.05) is 25.0 Å². The Morgan fingerprint density at radius 3 is 2.74 bits per heavy atom. The number of hydrogen-bond acceptors (Lipinski definition) is 2. The van der Waals surface area contributed by atoms with Crippen molar-refractivity contribution >= 4 is 18.3 Å². The third-order valence-corrected chi connectivity index (χ3v) is 3.99. The minimum atomic E-state index is -4.36. The predicted molar refractivity (Wildman–Crippen MR) is 85.3 cm³/mol. The molecule has 2 atom stereocenters. The maximum absolute atomic E-state index is 12.7. The van der Waals surface area contributed by atoms with Gasteiger partial charge in [-0.15, -0.1) is 12.4 Å². The van der Waals surface area contributed by atoms with Gasteiger partial charge in [-0.2, -0.15) is 13.2 Å². The molecule has 1 amide bonds. The van der Waals surface area contributed by atoms with Gasteiger partial charge >= 0.3 is 6.18 Å². The monoisotopic (exact) mass is 350 g/mol. The quantitative estimate of drug-likeness (QED) is 0.909. The van der Waals surface area contributed by atoms with E-state index in [0.29, 0.717) is 25.1 Å². The average molecular weight is 351 g/mol. The van der Waals surface area contributed by atoms with Crippen molar-refractivity contribution in [3.63, 3.8) is 0 Å². The largest absolute Gasteiger partial charge is 0.416 e. The van der Waals surface area contributed by atoms with Crippen molar-refractivity contribution in [1.29, 1.82) is 0 Å². The Balaban J connectivity index is 0.00000264. The van der Waals surface area contributed by atoms with E-state index in [9.17, 15) is 18.0 Å². The van der Waals surface area contributed by atoms with E-state index in [1.165, 1.54) is 6.07 Å². The average Bonchev–Trinajstić information content (AvgIpc) is 2.46. The summed E-state index contributed by atoms with van der Waals surface area (Å²) in [6, 6.07) is 5.16. The molecule has 0 spiro atoms. The Morgan fingerprint density at radius 2 is 2.13 bits per heavy atom. The second kappa shape index (κ2) is 8.02. The molecule has 1 heterocycles. The second-order valence-electron chi connectivity index (χ2n) is 5.99. The highest BCUT2D eigenvalue weighted by Crippen LogP contribution is 2.30. The lowest BCUT2D eigenvalue weighted by Crippen LogP contribution is -2.47. The molecule has 0 radical (unpaired) electrons. The smallest absolute Gasteiger partial charge is 0.341 e. The van der Waals surface area contributed by atoms with Crippen molar-refractivity contribution in [2.24, 2.45) is 11.7 Å². The molecule has 0 aromatic heterocycles. The summed E-state index contributed by atoms with van der Waals surface area (Å²) < 4.78 is 38.1.